The number of urea groups is 1. The Hall–Kier alpha value is -1.55. The molecule has 25 heavy (non-hydrogen) atoms. The topological polar surface area (TPSA) is 35.6 Å². The van der Waals surface area contributed by atoms with Crippen molar-refractivity contribution in [3.05, 3.63) is 35.9 Å². The highest BCUT2D eigenvalue weighted by atomic mass is 16.2. The van der Waals surface area contributed by atoms with Gasteiger partial charge in [0.2, 0.25) is 0 Å². The van der Waals surface area contributed by atoms with Gasteiger partial charge in [0.25, 0.3) is 0 Å². The maximum atomic E-state index is 12.2. The highest BCUT2D eigenvalue weighted by Gasteiger charge is 2.47. The summed E-state index contributed by atoms with van der Waals surface area (Å²) in [6.45, 7) is 4.55. The van der Waals surface area contributed by atoms with E-state index in [9.17, 15) is 4.79 Å². The summed E-state index contributed by atoms with van der Waals surface area (Å²) < 4.78 is 0. The fourth-order valence-electron chi connectivity index (χ4n) is 4.78. The number of carbonyl (C=O) groups is 1. The van der Waals surface area contributed by atoms with Crippen LogP contribution in [0.2, 0.25) is 0 Å². The van der Waals surface area contributed by atoms with Gasteiger partial charge in [-0.1, -0.05) is 30.3 Å². The second-order valence-electron chi connectivity index (χ2n) is 8.29. The number of likely N-dealkylation sites (N-methyl/N-ethyl adjacent to an activating group) is 1. The minimum Gasteiger partial charge on any atom is -0.338 e. The van der Waals surface area contributed by atoms with Gasteiger partial charge in [-0.25, -0.2) is 4.79 Å². The van der Waals surface area contributed by atoms with Crippen molar-refractivity contribution in [1.82, 2.24) is 15.1 Å². The second-order valence-corrected chi connectivity index (χ2v) is 8.29. The average Bonchev–Trinajstić information content (AvgIpc) is 3.03. The molecule has 0 atom stereocenters. The zero-order valence-electron chi connectivity index (χ0n) is 16.1. The van der Waals surface area contributed by atoms with Crippen molar-refractivity contribution in [3.8, 4) is 0 Å². The van der Waals surface area contributed by atoms with E-state index in [1.807, 2.05) is 11.8 Å². The van der Waals surface area contributed by atoms with E-state index < -0.39 is 0 Å². The average molecular weight is 344 g/mol. The number of benzene rings is 1. The summed E-state index contributed by atoms with van der Waals surface area (Å²) >= 11 is 0. The Morgan fingerprint density at radius 2 is 1.80 bits per heavy atom. The van der Waals surface area contributed by atoms with Gasteiger partial charge in [0.15, 0.2) is 0 Å². The Morgan fingerprint density at radius 1 is 1.12 bits per heavy atom. The van der Waals surface area contributed by atoms with Crippen molar-refractivity contribution in [2.24, 2.45) is 5.41 Å². The third-order valence-electron chi connectivity index (χ3n) is 6.62. The second kappa shape index (κ2) is 7.36. The third kappa shape index (κ3) is 3.84. The standard InChI is InChI=1S/C21H33N3O/c1-4-22-19(25)24-15-14-20(17-24)10-12-21(13-11-20,23(2)3)16-18-8-6-5-7-9-18/h5-9H,4,10-17H2,1-3H3,(H,22,25). The molecule has 4 heteroatoms. The molecule has 2 fully saturated rings. The van der Waals surface area contributed by atoms with Crippen molar-refractivity contribution < 1.29 is 4.79 Å². The maximum Gasteiger partial charge on any atom is 0.317 e. The molecule has 1 aliphatic heterocycles. The molecule has 0 radical (unpaired) electrons. The molecule has 2 amide bonds. The third-order valence-corrected chi connectivity index (χ3v) is 6.62. The molecule has 1 aromatic rings. The molecule has 3 rings (SSSR count). The van der Waals surface area contributed by atoms with Gasteiger partial charge in [-0.2, -0.15) is 0 Å². The summed E-state index contributed by atoms with van der Waals surface area (Å²) in [5.74, 6) is 0. The van der Waals surface area contributed by atoms with Gasteiger partial charge in [0.1, 0.15) is 0 Å². The monoisotopic (exact) mass is 343 g/mol. The minimum atomic E-state index is 0.119. The van der Waals surface area contributed by atoms with E-state index in [0.29, 0.717) is 12.0 Å². The van der Waals surface area contributed by atoms with Gasteiger partial charge in [0, 0.05) is 25.2 Å². The zero-order chi connectivity index (χ0) is 17.9. The predicted molar refractivity (Wildman–Crippen MR) is 103 cm³/mol. The van der Waals surface area contributed by atoms with E-state index >= 15 is 0 Å². The summed E-state index contributed by atoms with van der Waals surface area (Å²) in [4.78, 5) is 16.6. The molecule has 0 aromatic heterocycles. The van der Waals surface area contributed by atoms with Gasteiger partial charge in [-0.15, -0.1) is 0 Å². The Bertz CT molecular complexity index is 576. The molecule has 1 saturated carbocycles. The summed E-state index contributed by atoms with van der Waals surface area (Å²) in [6.07, 6.45) is 7.19. The molecule has 1 aliphatic carbocycles. The van der Waals surface area contributed by atoms with E-state index in [1.165, 1.54) is 37.7 Å². The van der Waals surface area contributed by atoms with Crippen LogP contribution in [0.25, 0.3) is 0 Å². The summed E-state index contributed by atoms with van der Waals surface area (Å²) in [5, 5.41) is 2.96. The van der Waals surface area contributed by atoms with Crippen LogP contribution in [0, 0.1) is 5.41 Å². The van der Waals surface area contributed by atoms with Gasteiger partial charge in [-0.3, -0.25) is 0 Å². The number of likely N-dealkylation sites (tertiary alicyclic amines) is 1. The maximum absolute atomic E-state index is 12.2. The van der Waals surface area contributed by atoms with E-state index in [1.54, 1.807) is 0 Å². The summed E-state index contributed by atoms with van der Waals surface area (Å²) in [5.41, 5.74) is 2.04. The lowest BCUT2D eigenvalue weighted by Crippen LogP contribution is -2.51. The molecule has 4 nitrogen and oxygen atoms in total. The number of nitrogens with one attached hydrogen (secondary N) is 1. The first-order chi connectivity index (χ1) is 12.0. The van der Waals surface area contributed by atoms with Crippen LogP contribution in [0.5, 0.6) is 0 Å². The van der Waals surface area contributed by atoms with Crippen LogP contribution >= 0.6 is 0 Å². The van der Waals surface area contributed by atoms with Gasteiger partial charge >= 0.3 is 6.03 Å². The van der Waals surface area contributed by atoms with Crippen LogP contribution in [0.4, 0.5) is 4.79 Å². The minimum absolute atomic E-state index is 0.119. The molecule has 0 unspecified atom stereocenters. The smallest absolute Gasteiger partial charge is 0.317 e. The van der Waals surface area contributed by atoms with E-state index in [0.717, 1.165) is 19.5 Å². The highest BCUT2D eigenvalue weighted by molar-refractivity contribution is 5.74. The van der Waals surface area contributed by atoms with Crippen LogP contribution in [0.1, 0.15) is 44.6 Å². The first-order valence-corrected chi connectivity index (χ1v) is 9.73. The zero-order valence-corrected chi connectivity index (χ0v) is 16.1. The van der Waals surface area contributed by atoms with Crippen LogP contribution in [-0.2, 0) is 6.42 Å². The molecule has 138 valence electrons. The van der Waals surface area contributed by atoms with Crippen LogP contribution in [0.15, 0.2) is 30.3 Å². The molecule has 1 saturated heterocycles. The molecular weight excluding hydrogens is 310 g/mol. The lowest BCUT2D eigenvalue weighted by Gasteiger charge is -2.49. The largest absolute Gasteiger partial charge is 0.338 e. The van der Waals surface area contributed by atoms with E-state index in [-0.39, 0.29) is 11.6 Å². The van der Waals surface area contributed by atoms with Crippen molar-refractivity contribution in [3.63, 3.8) is 0 Å². The number of carbonyl (C=O) groups excluding carboxylic acids is 1. The van der Waals surface area contributed by atoms with Crippen molar-refractivity contribution in [1.29, 1.82) is 0 Å². The Balaban J connectivity index is 1.66. The first kappa shape index (κ1) is 18.2. The first-order valence-electron chi connectivity index (χ1n) is 9.73. The lowest BCUT2D eigenvalue weighted by atomic mass is 9.65. The molecular formula is C21H33N3O. The molecule has 0 bridgehead atoms. The van der Waals surface area contributed by atoms with E-state index in [2.05, 4.69) is 54.6 Å². The molecule has 1 aromatic carbocycles. The molecule has 1 spiro atoms. The summed E-state index contributed by atoms with van der Waals surface area (Å²) in [6, 6.07) is 11.0. The normalized spacial score (nSPS) is 29.4. The highest BCUT2D eigenvalue weighted by Crippen LogP contribution is 2.49. The molecule has 1 heterocycles. The Morgan fingerprint density at radius 3 is 2.40 bits per heavy atom. The number of nitrogens with zero attached hydrogens (tertiary/aromatic N) is 2. The van der Waals surface area contributed by atoms with Crippen molar-refractivity contribution >= 4 is 6.03 Å². The fourth-order valence-corrected chi connectivity index (χ4v) is 4.78. The Labute approximate surface area is 152 Å². The lowest BCUT2D eigenvalue weighted by molar-refractivity contribution is 0.0423. The van der Waals surface area contributed by atoms with Gasteiger partial charge in [-0.05, 0) is 70.5 Å². The van der Waals surface area contributed by atoms with Crippen molar-refractivity contribution in [2.75, 3.05) is 33.7 Å². The predicted octanol–water partition coefficient (Wildman–Crippen LogP) is 3.53. The van der Waals surface area contributed by atoms with Crippen LogP contribution in [0.3, 0.4) is 0 Å². The SMILES string of the molecule is CCNC(=O)N1CCC2(CCC(Cc3ccccc3)(N(C)C)CC2)C1. The fraction of sp³-hybridized carbons (Fsp3) is 0.667. The quantitative estimate of drug-likeness (QED) is 0.908. The van der Waals surface area contributed by atoms with E-state index in [4.69, 9.17) is 0 Å². The van der Waals surface area contributed by atoms with Crippen LogP contribution < -0.4 is 5.32 Å². The van der Waals surface area contributed by atoms with Crippen molar-refractivity contribution in [2.45, 2.75) is 51.0 Å². The van der Waals surface area contributed by atoms with Crippen LogP contribution in [-0.4, -0.2) is 55.1 Å². The van der Waals surface area contributed by atoms with Gasteiger partial charge < -0.3 is 15.1 Å². The Kier molecular flexibility index (Phi) is 5.38. The number of hydrogen-bond donors (Lipinski definition) is 1. The number of hydrogen-bond acceptors (Lipinski definition) is 2. The number of amides is 2. The molecule has 2 aliphatic rings. The molecule has 1 N–H and O–H groups in total. The summed E-state index contributed by atoms with van der Waals surface area (Å²) in [7, 11) is 4.47. The van der Waals surface area contributed by atoms with Gasteiger partial charge in [0.05, 0.1) is 0 Å². The number of rotatable bonds is 4.